The first-order valence-corrected chi connectivity index (χ1v) is 4.24. The molecule has 0 aromatic heterocycles. The van der Waals surface area contributed by atoms with Crippen LogP contribution in [0.25, 0.3) is 5.57 Å². The Hall–Kier alpha value is -1.30. The van der Waals surface area contributed by atoms with Gasteiger partial charge in [-0.05, 0) is 35.1 Å². The quantitative estimate of drug-likeness (QED) is 0.541. The maximum Gasteiger partial charge on any atom is -0.0155 e. The number of hydrogen-bond donors (Lipinski definition) is 0. The third-order valence-electron chi connectivity index (χ3n) is 2.47. The van der Waals surface area contributed by atoms with Crippen LogP contribution in [0.1, 0.15) is 17.5 Å². The van der Waals surface area contributed by atoms with Gasteiger partial charge in [-0.3, -0.25) is 0 Å². The minimum atomic E-state index is 1.07. The van der Waals surface area contributed by atoms with E-state index in [0.717, 1.165) is 18.4 Å². The zero-order valence-corrected chi connectivity index (χ0v) is 7.14. The molecule has 0 saturated carbocycles. The van der Waals surface area contributed by atoms with Gasteiger partial charge in [0.1, 0.15) is 0 Å². The molecule has 1 aromatic carbocycles. The molecule has 0 fully saturated rings. The zero-order chi connectivity index (χ0) is 8.55. The summed E-state index contributed by atoms with van der Waals surface area (Å²) in [6.07, 6.45) is 2.18. The van der Waals surface area contributed by atoms with Crippen LogP contribution in [-0.2, 0) is 6.42 Å². The van der Waals surface area contributed by atoms with Gasteiger partial charge in [0.25, 0.3) is 0 Å². The lowest BCUT2D eigenvalue weighted by Gasteiger charge is -2.19. The van der Waals surface area contributed by atoms with Crippen LogP contribution in [0, 0.1) is 0 Å². The number of hydrogen-bond acceptors (Lipinski definition) is 0. The Labute approximate surface area is 73.2 Å². The molecule has 60 valence electrons. The van der Waals surface area contributed by atoms with Crippen LogP contribution in [0.4, 0.5) is 0 Å². The van der Waals surface area contributed by atoms with Gasteiger partial charge in [0.2, 0.25) is 0 Å². The lowest BCUT2D eigenvalue weighted by Crippen LogP contribution is -2.02. The van der Waals surface area contributed by atoms with Crippen molar-refractivity contribution in [3.63, 3.8) is 0 Å². The third kappa shape index (κ3) is 1.00. The molecule has 0 heteroatoms. The Balaban J connectivity index is 2.56. The fourth-order valence-corrected chi connectivity index (χ4v) is 1.66. The van der Waals surface area contributed by atoms with E-state index in [0.29, 0.717) is 0 Å². The van der Waals surface area contributed by atoms with Gasteiger partial charge in [-0.2, -0.15) is 0 Å². The monoisotopic (exact) mass is 156 g/mol. The largest absolute Gasteiger partial charge is 0.0952 e. The third-order valence-corrected chi connectivity index (χ3v) is 2.47. The second kappa shape index (κ2) is 2.63. The first-order chi connectivity index (χ1) is 5.79. The summed E-state index contributed by atoms with van der Waals surface area (Å²) in [6, 6.07) is 8.44. The standard InChI is InChI=1S/C12H12/c1-9-7-8-11-5-3-4-6-12(11)10(9)2/h3-6H,1-2,7-8H2. The topological polar surface area (TPSA) is 0 Å². The average Bonchev–Trinajstić information content (AvgIpc) is 2.12. The fraction of sp³-hybridized carbons (Fsp3) is 0.167. The second-order valence-corrected chi connectivity index (χ2v) is 3.24. The molecule has 12 heavy (non-hydrogen) atoms. The average molecular weight is 156 g/mol. The number of benzene rings is 1. The highest BCUT2D eigenvalue weighted by molar-refractivity contribution is 5.80. The highest BCUT2D eigenvalue weighted by atomic mass is 14.2. The van der Waals surface area contributed by atoms with Gasteiger partial charge in [-0.1, -0.05) is 37.4 Å². The summed E-state index contributed by atoms with van der Waals surface area (Å²) in [7, 11) is 0. The Morgan fingerprint density at radius 2 is 1.75 bits per heavy atom. The van der Waals surface area contributed by atoms with Crippen LogP contribution in [0.3, 0.4) is 0 Å². The summed E-state index contributed by atoms with van der Waals surface area (Å²) in [4.78, 5) is 0. The van der Waals surface area contributed by atoms with Crippen LogP contribution < -0.4 is 0 Å². The maximum atomic E-state index is 4.04. The van der Waals surface area contributed by atoms with Gasteiger partial charge >= 0.3 is 0 Å². The molecule has 0 atom stereocenters. The molecule has 1 aromatic rings. The van der Waals surface area contributed by atoms with Crippen molar-refractivity contribution < 1.29 is 0 Å². The van der Waals surface area contributed by atoms with Crippen molar-refractivity contribution in [2.75, 3.05) is 0 Å². The second-order valence-electron chi connectivity index (χ2n) is 3.24. The Morgan fingerprint density at radius 3 is 2.58 bits per heavy atom. The van der Waals surface area contributed by atoms with Gasteiger partial charge in [0.05, 0.1) is 0 Å². The van der Waals surface area contributed by atoms with E-state index in [4.69, 9.17) is 0 Å². The van der Waals surface area contributed by atoms with E-state index in [9.17, 15) is 0 Å². The van der Waals surface area contributed by atoms with Gasteiger partial charge in [-0.15, -0.1) is 0 Å². The molecule has 0 nitrogen and oxygen atoms in total. The van der Waals surface area contributed by atoms with Crippen molar-refractivity contribution in [1.82, 2.24) is 0 Å². The van der Waals surface area contributed by atoms with Gasteiger partial charge in [0.15, 0.2) is 0 Å². The molecule has 0 aliphatic heterocycles. The summed E-state index contributed by atoms with van der Waals surface area (Å²) in [6.45, 7) is 8.03. The van der Waals surface area contributed by atoms with E-state index < -0.39 is 0 Å². The van der Waals surface area contributed by atoms with E-state index in [1.807, 2.05) is 0 Å². The van der Waals surface area contributed by atoms with Crippen LogP contribution in [0.15, 0.2) is 43.0 Å². The summed E-state index contributed by atoms with van der Waals surface area (Å²) in [5.74, 6) is 0. The predicted octanol–water partition coefficient (Wildman–Crippen LogP) is 3.20. The number of allylic oxidation sites excluding steroid dienone is 2. The predicted molar refractivity (Wildman–Crippen MR) is 52.9 cm³/mol. The molecule has 0 N–H and O–H groups in total. The van der Waals surface area contributed by atoms with Crippen molar-refractivity contribution in [2.45, 2.75) is 12.8 Å². The lowest BCUT2D eigenvalue weighted by molar-refractivity contribution is 0.944. The molecule has 0 unspecified atom stereocenters. The molecule has 1 aliphatic rings. The summed E-state index contributed by atoms with van der Waals surface area (Å²) >= 11 is 0. The summed E-state index contributed by atoms with van der Waals surface area (Å²) in [5.41, 5.74) is 5.01. The molecule has 0 amide bonds. The maximum absolute atomic E-state index is 4.04. The molecule has 0 saturated heterocycles. The van der Waals surface area contributed by atoms with E-state index in [2.05, 4.69) is 37.4 Å². The highest BCUT2D eigenvalue weighted by Gasteiger charge is 2.13. The van der Waals surface area contributed by atoms with Crippen LogP contribution in [0.5, 0.6) is 0 Å². The minimum absolute atomic E-state index is 1.07. The molecular weight excluding hydrogens is 144 g/mol. The van der Waals surface area contributed by atoms with Crippen LogP contribution >= 0.6 is 0 Å². The first kappa shape index (κ1) is 7.35. The van der Waals surface area contributed by atoms with E-state index in [1.165, 1.54) is 16.7 Å². The Bertz CT molecular complexity index is 345. The van der Waals surface area contributed by atoms with Crippen LogP contribution in [-0.4, -0.2) is 0 Å². The van der Waals surface area contributed by atoms with E-state index in [-0.39, 0.29) is 0 Å². The smallest absolute Gasteiger partial charge is 0.0155 e. The molecule has 0 bridgehead atoms. The van der Waals surface area contributed by atoms with Gasteiger partial charge in [0, 0.05) is 0 Å². The lowest BCUT2D eigenvalue weighted by atomic mass is 9.85. The molecule has 0 radical (unpaired) electrons. The number of rotatable bonds is 0. The van der Waals surface area contributed by atoms with Crippen molar-refractivity contribution in [3.05, 3.63) is 54.1 Å². The van der Waals surface area contributed by atoms with Gasteiger partial charge < -0.3 is 0 Å². The number of fused-ring (bicyclic) bond motifs is 1. The van der Waals surface area contributed by atoms with Crippen molar-refractivity contribution in [2.24, 2.45) is 0 Å². The van der Waals surface area contributed by atoms with E-state index >= 15 is 0 Å². The molecule has 0 spiro atoms. The Kier molecular flexibility index (Phi) is 1.61. The van der Waals surface area contributed by atoms with E-state index in [1.54, 1.807) is 0 Å². The fourth-order valence-electron chi connectivity index (χ4n) is 1.66. The summed E-state index contributed by atoms with van der Waals surface area (Å²) in [5, 5.41) is 0. The normalized spacial score (nSPS) is 16.0. The minimum Gasteiger partial charge on any atom is -0.0952 e. The van der Waals surface area contributed by atoms with Crippen molar-refractivity contribution in [3.8, 4) is 0 Å². The first-order valence-electron chi connectivity index (χ1n) is 4.24. The highest BCUT2D eigenvalue weighted by Crippen LogP contribution is 2.31. The molecular formula is C12H12. The van der Waals surface area contributed by atoms with Gasteiger partial charge in [-0.25, -0.2) is 0 Å². The Morgan fingerprint density at radius 1 is 1.00 bits per heavy atom. The van der Waals surface area contributed by atoms with Crippen molar-refractivity contribution >= 4 is 5.57 Å². The van der Waals surface area contributed by atoms with Crippen molar-refractivity contribution in [1.29, 1.82) is 0 Å². The molecule has 0 heterocycles. The van der Waals surface area contributed by atoms with Crippen LogP contribution in [0.2, 0.25) is 0 Å². The zero-order valence-electron chi connectivity index (χ0n) is 7.14. The summed E-state index contributed by atoms with van der Waals surface area (Å²) < 4.78 is 0. The molecule has 1 aliphatic carbocycles. The SMILES string of the molecule is C=C1CCc2ccccc2C1=C. The molecule has 2 rings (SSSR count). The number of aryl methyl sites for hydroxylation is 1.